The summed E-state index contributed by atoms with van der Waals surface area (Å²) >= 11 is 1.79. The molecule has 12 heteroatoms. The van der Waals surface area contributed by atoms with Gasteiger partial charge in [0.05, 0.1) is 5.92 Å². The molecule has 0 spiro atoms. The fourth-order valence-electron chi connectivity index (χ4n) is 2.93. The fourth-order valence-corrected chi connectivity index (χ4v) is 3.92. The van der Waals surface area contributed by atoms with Gasteiger partial charge in [-0.2, -0.15) is 4.98 Å². The third-order valence-electron chi connectivity index (χ3n) is 4.66. The van der Waals surface area contributed by atoms with Crippen LogP contribution in [-0.2, 0) is 4.74 Å². The molecular weight excluding hydrogens is 501 g/mol. The van der Waals surface area contributed by atoms with Gasteiger partial charge in [0.1, 0.15) is 5.82 Å². The summed E-state index contributed by atoms with van der Waals surface area (Å²) in [5.74, 6) is -5.57. The van der Waals surface area contributed by atoms with Gasteiger partial charge in [-0.05, 0) is 23.7 Å². The van der Waals surface area contributed by atoms with Crippen LogP contribution in [0.5, 0.6) is 0 Å². The predicted octanol–water partition coefficient (Wildman–Crippen LogP) is 3.74. The molecule has 0 radical (unpaired) electrons. The molecule has 1 fully saturated rings. The van der Waals surface area contributed by atoms with Crippen molar-refractivity contribution in [2.24, 2.45) is 11.0 Å². The molecule has 1 aliphatic rings. The number of hydrogen-bond donors (Lipinski definition) is 1. The SMILES string of the molecule is C[C@H]1C(F)(F)[C@H](n2ccc(NC(=O)c3ccccc3)nc2=O)O[C@@]1(CI)N=[N+]=[N-]. The van der Waals surface area contributed by atoms with Crippen LogP contribution in [0.15, 0.2) is 52.5 Å². The van der Waals surface area contributed by atoms with Crippen molar-refractivity contribution in [3.05, 3.63) is 69.1 Å². The molecule has 1 aromatic heterocycles. The molecule has 29 heavy (non-hydrogen) atoms. The molecule has 152 valence electrons. The minimum absolute atomic E-state index is 0.0323. The standard InChI is InChI=1S/C17H15F2IN6O3/c1-10-16(9-20,24-25-21)29-14(17(10,18)19)26-8-7-12(23-15(26)28)22-13(27)11-5-3-2-4-6-11/h2-8,10,14H,9H2,1H3,(H,22,23,27,28)/t10-,14-,16-/m1/s1. The van der Waals surface area contributed by atoms with E-state index in [2.05, 4.69) is 20.3 Å². The van der Waals surface area contributed by atoms with Crippen molar-refractivity contribution in [2.45, 2.75) is 24.8 Å². The molecule has 1 N–H and O–H groups in total. The minimum atomic E-state index is -3.50. The monoisotopic (exact) mass is 516 g/mol. The van der Waals surface area contributed by atoms with Crippen molar-refractivity contribution in [3.8, 4) is 0 Å². The van der Waals surface area contributed by atoms with Crippen LogP contribution in [0, 0.1) is 5.92 Å². The maximum absolute atomic E-state index is 14.8. The first kappa shape index (κ1) is 21.1. The molecule has 0 aliphatic carbocycles. The number of amides is 1. The summed E-state index contributed by atoms with van der Waals surface area (Å²) in [5.41, 5.74) is 6.25. The van der Waals surface area contributed by atoms with Crippen LogP contribution >= 0.6 is 22.6 Å². The molecule has 1 saturated heterocycles. The predicted molar refractivity (Wildman–Crippen MR) is 108 cm³/mol. The van der Waals surface area contributed by atoms with Gasteiger partial charge in [-0.3, -0.25) is 9.36 Å². The summed E-state index contributed by atoms with van der Waals surface area (Å²) in [6.45, 7) is 1.19. The van der Waals surface area contributed by atoms with Gasteiger partial charge in [0.25, 0.3) is 11.8 Å². The second-order valence-corrected chi connectivity index (χ2v) is 7.12. The largest absolute Gasteiger partial charge is 0.351 e. The van der Waals surface area contributed by atoms with Gasteiger partial charge >= 0.3 is 5.69 Å². The van der Waals surface area contributed by atoms with E-state index in [4.69, 9.17) is 10.3 Å². The molecule has 0 bridgehead atoms. The number of anilines is 1. The zero-order valence-electron chi connectivity index (χ0n) is 15.0. The second-order valence-electron chi connectivity index (χ2n) is 6.36. The van der Waals surface area contributed by atoms with Gasteiger partial charge in [0.15, 0.2) is 5.72 Å². The summed E-state index contributed by atoms with van der Waals surface area (Å²) in [6.07, 6.45) is -0.947. The van der Waals surface area contributed by atoms with E-state index < -0.39 is 35.4 Å². The normalized spacial score (nSPS) is 25.2. The van der Waals surface area contributed by atoms with Gasteiger partial charge in [-0.1, -0.05) is 52.8 Å². The fraction of sp³-hybridized carbons (Fsp3) is 0.353. The summed E-state index contributed by atoms with van der Waals surface area (Å²) in [4.78, 5) is 30.8. The van der Waals surface area contributed by atoms with Crippen molar-refractivity contribution in [2.75, 3.05) is 9.74 Å². The number of rotatable bonds is 5. The van der Waals surface area contributed by atoms with Crippen LogP contribution in [-0.4, -0.2) is 31.5 Å². The highest BCUT2D eigenvalue weighted by atomic mass is 127. The summed E-state index contributed by atoms with van der Waals surface area (Å²) in [5, 5.41) is 5.86. The molecule has 3 rings (SSSR count). The molecular formula is C17H15F2IN6O3. The zero-order valence-corrected chi connectivity index (χ0v) is 17.2. The Morgan fingerprint density at radius 3 is 2.69 bits per heavy atom. The van der Waals surface area contributed by atoms with Crippen LogP contribution in [0.4, 0.5) is 14.6 Å². The van der Waals surface area contributed by atoms with Gasteiger partial charge < -0.3 is 10.1 Å². The average molecular weight is 516 g/mol. The average Bonchev–Trinajstić information content (AvgIpc) is 2.90. The highest BCUT2D eigenvalue weighted by molar-refractivity contribution is 14.1. The van der Waals surface area contributed by atoms with E-state index in [-0.39, 0.29) is 10.2 Å². The van der Waals surface area contributed by atoms with Gasteiger partial charge in [-0.15, -0.1) is 0 Å². The molecule has 3 atom stereocenters. The molecule has 9 nitrogen and oxygen atoms in total. The Morgan fingerprint density at radius 1 is 1.41 bits per heavy atom. The second kappa shape index (κ2) is 8.05. The van der Waals surface area contributed by atoms with Crippen LogP contribution in [0.25, 0.3) is 10.4 Å². The Kier molecular flexibility index (Phi) is 5.87. The van der Waals surface area contributed by atoms with Crippen molar-refractivity contribution >= 4 is 34.3 Å². The molecule has 0 unspecified atom stereocenters. The smallest absolute Gasteiger partial charge is 0.338 e. The zero-order chi connectivity index (χ0) is 21.2. The van der Waals surface area contributed by atoms with E-state index in [1.54, 1.807) is 52.9 Å². The van der Waals surface area contributed by atoms with Gasteiger partial charge in [0, 0.05) is 21.1 Å². The highest BCUT2D eigenvalue weighted by Crippen LogP contribution is 2.53. The van der Waals surface area contributed by atoms with E-state index in [9.17, 15) is 18.4 Å². The number of carbonyl (C=O) groups excluding carboxylic acids is 1. The first-order chi connectivity index (χ1) is 13.7. The van der Waals surface area contributed by atoms with Crippen LogP contribution in [0.1, 0.15) is 23.5 Å². The lowest BCUT2D eigenvalue weighted by atomic mass is 9.95. The number of nitrogens with zero attached hydrogens (tertiary/aromatic N) is 5. The maximum atomic E-state index is 14.8. The maximum Gasteiger partial charge on any atom is 0.351 e. The lowest BCUT2D eigenvalue weighted by Gasteiger charge is -2.25. The molecule has 1 amide bonds. The van der Waals surface area contributed by atoms with Crippen molar-refractivity contribution < 1.29 is 18.3 Å². The molecule has 1 aliphatic heterocycles. The number of benzene rings is 1. The molecule has 2 heterocycles. The van der Waals surface area contributed by atoms with E-state index >= 15 is 0 Å². The van der Waals surface area contributed by atoms with E-state index in [1.807, 2.05) is 0 Å². The Bertz CT molecular complexity index is 1030. The first-order valence-corrected chi connectivity index (χ1v) is 9.91. The minimum Gasteiger partial charge on any atom is -0.338 e. The number of hydrogen-bond acceptors (Lipinski definition) is 5. The van der Waals surface area contributed by atoms with Crippen LogP contribution in [0.2, 0.25) is 0 Å². The topological polar surface area (TPSA) is 122 Å². The number of azide groups is 1. The summed E-state index contributed by atoms with van der Waals surface area (Å²) < 4.78 is 35.6. The number of alkyl halides is 3. The van der Waals surface area contributed by atoms with Crippen LogP contribution < -0.4 is 11.0 Å². The van der Waals surface area contributed by atoms with Crippen LogP contribution in [0.3, 0.4) is 0 Å². The van der Waals surface area contributed by atoms with Crippen molar-refractivity contribution in [1.29, 1.82) is 0 Å². The Labute approximate surface area is 176 Å². The third kappa shape index (κ3) is 3.82. The lowest BCUT2D eigenvalue weighted by Crippen LogP contribution is -2.39. The highest BCUT2D eigenvalue weighted by Gasteiger charge is 2.64. The first-order valence-electron chi connectivity index (χ1n) is 8.38. The number of carbonyl (C=O) groups is 1. The Balaban J connectivity index is 1.89. The number of nitrogens with one attached hydrogen (secondary N) is 1. The Hall–Kier alpha value is -2.57. The number of aromatic nitrogens is 2. The molecule has 1 aromatic carbocycles. The van der Waals surface area contributed by atoms with Gasteiger partial charge in [-0.25, -0.2) is 13.6 Å². The van der Waals surface area contributed by atoms with E-state index in [1.165, 1.54) is 13.0 Å². The van der Waals surface area contributed by atoms with Crippen molar-refractivity contribution in [3.63, 3.8) is 0 Å². The van der Waals surface area contributed by atoms with E-state index in [0.29, 0.717) is 10.1 Å². The number of halogens is 3. The Morgan fingerprint density at radius 2 is 2.10 bits per heavy atom. The van der Waals surface area contributed by atoms with Crippen molar-refractivity contribution in [1.82, 2.24) is 9.55 Å². The number of ether oxygens (including phenoxy) is 1. The quantitative estimate of drug-likeness (QED) is 0.214. The van der Waals surface area contributed by atoms with E-state index in [0.717, 1.165) is 6.20 Å². The van der Waals surface area contributed by atoms with Gasteiger partial charge in [0.2, 0.25) is 6.23 Å². The lowest BCUT2D eigenvalue weighted by molar-refractivity contribution is -0.132. The molecule has 0 saturated carbocycles. The summed E-state index contributed by atoms with van der Waals surface area (Å²) in [6, 6.07) is 9.44. The summed E-state index contributed by atoms with van der Waals surface area (Å²) in [7, 11) is 0. The third-order valence-corrected chi connectivity index (χ3v) is 5.76. The molecule has 2 aromatic rings.